The van der Waals surface area contributed by atoms with Gasteiger partial charge < -0.3 is 5.32 Å². The van der Waals surface area contributed by atoms with Crippen LogP contribution in [-0.2, 0) is 0 Å². The highest BCUT2D eigenvalue weighted by Gasteiger charge is 2.27. The number of nitrogens with one attached hydrogen (secondary N) is 1. The Kier molecular flexibility index (Phi) is 6.64. The average Bonchev–Trinajstić information content (AvgIpc) is 2.47. The van der Waals surface area contributed by atoms with Gasteiger partial charge in [-0.3, -0.25) is 4.90 Å². The Labute approximate surface area is 142 Å². The molecule has 118 valence electrons. The van der Waals surface area contributed by atoms with Gasteiger partial charge in [0.1, 0.15) is 0 Å². The van der Waals surface area contributed by atoms with Gasteiger partial charge in [-0.05, 0) is 30.9 Å². The van der Waals surface area contributed by atoms with Crippen molar-refractivity contribution < 1.29 is 0 Å². The van der Waals surface area contributed by atoms with E-state index in [1.54, 1.807) is 6.07 Å². The standard InChI is InChI=1S/C16H23Cl3N2/c1-11(2)3-6-14(21-9-7-20-8-10-21)15-12(17)4-5-13(18)16(15)19/h4-5,11,14,20H,3,6-10H2,1-2H3/t14-/m1/s1. The fourth-order valence-corrected chi connectivity index (χ4v) is 3.63. The van der Waals surface area contributed by atoms with Crippen molar-refractivity contribution in [3.05, 3.63) is 32.8 Å². The molecule has 1 heterocycles. The van der Waals surface area contributed by atoms with E-state index in [1.807, 2.05) is 6.07 Å². The molecular formula is C16H23Cl3N2. The van der Waals surface area contributed by atoms with Crippen LogP contribution in [0, 0.1) is 5.92 Å². The quantitative estimate of drug-likeness (QED) is 0.750. The lowest BCUT2D eigenvalue weighted by Crippen LogP contribution is -2.45. The second-order valence-corrected chi connectivity index (χ2v) is 7.22. The van der Waals surface area contributed by atoms with Gasteiger partial charge in [-0.1, -0.05) is 48.7 Å². The summed E-state index contributed by atoms with van der Waals surface area (Å²) < 4.78 is 0. The number of halogens is 3. The third-order valence-corrected chi connectivity index (χ3v) is 5.17. The van der Waals surface area contributed by atoms with Crippen LogP contribution in [0.5, 0.6) is 0 Å². The first-order valence-electron chi connectivity index (χ1n) is 7.59. The van der Waals surface area contributed by atoms with Gasteiger partial charge in [0.25, 0.3) is 0 Å². The third kappa shape index (κ3) is 4.49. The molecule has 0 unspecified atom stereocenters. The molecule has 2 nitrogen and oxygen atoms in total. The highest BCUT2D eigenvalue weighted by Crippen LogP contribution is 2.40. The first-order chi connectivity index (χ1) is 10.0. The summed E-state index contributed by atoms with van der Waals surface area (Å²) in [4.78, 5) is 2.47. The summed E-state index contributed by atoms with van der Waals surface area (Å²) in [7, 11) is 0. The first-order valence-corrected chi connectivity index (χ1v) is 8.72. The molecular weight excluding hydrogens is 327 g/mol. The molecule has 1 saturated heterocycles. The lowest BCUT2D eigenvalue weighted by atomic mass is 9.95. The number of hydrogen-bond donors (Lipinski definition) is 1. The first kappa shape index (κ1) is 17.4. The molecule has 0 amide bonds. The van der Waals surface area contributed by atoms with Crippen LogP contribution in [0.1, 0.15) is 38.3 Å². The van der Waals surface area contributed by atoms with Crippen LogP contribution in [0.3, 0.4) is 0 Å². The molecule has 1 aromatic rings. The fraction of sp³-hybridized carbons (Fsp3) is 0.625. The van der Waals surface area contributed by atoms with E-state index in [0.717, 1.165) is 49.6 Å². The Morgan fingerprint density at radius 2 is 1.67 bits per heavy atom. The number of hydrogen-bond acceptors (Lipinski definition) is 2. The second kappa shape index (κ2) is 8.03. The summed E-state index contributed by atoms with van der Waals surface area (Å²) in [6, 6.07) is 3.87. The van der Waals surface area contributed by atoms with Crippen molar-refractivity contribution in [3.8, 4) is 0 Å². The van der Waals surface area contributed by atoms with Crippen LogP contribution >= 0.6 is 34.8 Å². The Morgan fingerprint density at radius 3 is 2.29 bits per heavy atom. The van der Waals surface area contributed by atoms with Gasteiger partial charge in [-0.25, -0.2) is 0 Å². The minimum Gasteiger partial charge on any atom is -0.314 e. The predicted molar refractivity (Wildman–Crippen MR) is 92.7 cm³/mol. The highest BCUT2D eigenvalue weighted by molar-refractivity contribution is 6.44. The lowest BCUT2D eigenvalue weighted by molar-refractivity contribution is 0.160. The Bertz CT molecular complexity index is 471. The van der Waals surface area contributed by atoms with E-state index in [9.17, 15) is 0 Å². The Morgan fingerprint density at radius 1 is 1.05 bits per heavy atom. The summed E-state index contributed by atoms with van der Waals surface area (Å²) in [5.74, 6) is 0.659. The lowest BCUT2D eigenvalue weighted by Gasteiger charge is -2.36. The van der Waals surface area contributed by atoms with Crippen LogP contribution < -0.4 is 5.32 Å². The van der Waals surface area contributed by atoms with Gasteiger partial charge >= 0.3 is 0 Å². The summed E-state index contributed by atoms with van der Waals surface area (Å²) in [5.41, 5.74) is 0.994. The molecule has 1 aliphatic rings. The minimum absolute atomic E-state index is 0.244. The zero-order chi connectivity index (χ0) is 15.4. The van der Waals surface area contributed by atoms with Crippen molar-refractivity contribution >= 4 is 34.8 Å². The zero-order valence-corrected chi connectivity index (χ0v) is 14.9. The van der Waals surface area contributed by atoms with E-state index in [-0.39, 0.29) is 6.04 Å². The van der Waals surface area contributed by atoms with E-state index < -0.39 is 0 Å². The SMILES string of the molecule is CC(C)CC[C@H](c1c(Cl)ccc(Cl)c1Cl)N1CCNCC1. The molecule has 1 N–H and O–H groups in total. The van der Waals surface area contributed by atoms with Gasteiger partial charge in [0.2, 0.25) is 0 Å². The molecule has 0 aliphatic carbocycles. The molecule has 5 heteroatoms. The molecule has 1 aliphatic heterocycles. The van der Waals surface area contributed by atoms with Gasteiger partial charge in [0.05, 0.1) is 10.0 Å². The van der Waals surface area contributed by atoms with Crippen LogP contribution in [0.15, 0.2) is 12.1 Å². The maximum absolute atomic E-state index is 6.47. The molecule has 1 fully saturated rings. The smallest absolute Gasteiger partial charge is 0.0655 e. The number of piperazine rings is 1. The second-order valence-electron chi connectivity index (χ2n) is 6.03. The van der Waals surface area contributed by atoms with Crippen molar-refractivity contribution in [1.82, 2.24) is 10.2 Å². The largest absolute Gasteiger partial charge is 0.314 e. The molecule has 1 atom stereocenters. The van der Waals surface area contributed by atoms with E-state index in [4.69, 9.17) is 34.8 Å². The maximum atomic E-state index is 6.47. The van der Waals surface area contributed by atoms with Gasteiger partial charge in [-0.2, -0.15) is 0 Å². The Hall–Kier alpha value is 0.01000. The molecule has 0 saturated carbocycles. The van der Waals surface area contributed by atoms with E-state index >= 15 is 0 Å². The molecule has 2 rings (SSSR count). The molecule has 0 aromatic heterocycles. The van der Waals surface area contributed by atoms with Crippen LogP contribution in [0.25, 0.3) is 0 Å². The molecule has 0 spiro atoms. The van der Waals surface area contributed by atoms with E-state index in [0.29, 0.717) is 16.0 Å². The molecule has 0 radical (unpaired) electrons. The molecule has 21 heavy (non-hydrogen) atoms. The average molecular weight is 350 g/mol. The number of rotatable bonds is 5. The third-order valence-electron chi connectivity index (χ3n) is 4.02. The predicted octanol–water partition coefficient (Wildman–Crippen LogP) is 5.03. The number of benzene rings is 1. The normalized spacial score (nSPS) is 18.2. The van der Waals surface area contributed by atoms with Gasteiger partial charge in [-0.15, -0.1) is 0 Å². The van der Waals surface area contributed by atoms with Crippen LogP contribution in [-0.4, -0.2) is 31.1 Å². The fourth-order valence-electron chi connectivity index (χ4n) is 2.84. The van der Waals surface area contributed by atoms with E-state index in [2.05, 4.69) is 24.1 Å². The van der Waals surface area contributed by atoms with Crippen LogP contribution in [0.4, 0.5) is 0 Å². The van der Waals surface area contributed by atoms with Crippen molar-refractivity contribution in [1.29, 1.82) is 0 Å². The highest BCUT2D eigenvalue weighted by atomic mass is 35.5. The minimum atomic E-state index is 0.244. The van der Waals surface area contributed by atoms with Crippen LogP contribution in [0.2, 0.25) is 15.1 Å². The topological polar surface area (TPSA) is 15.3 Å². The number of nitrogens with zero attached hydrogens (tertiary/aromatic N) is 1. The summed E-state index contributed by atoms with van der Waals surface area (Å²) in [6.07, 6.45) is 2.20. The van der Waals surface area contributed by atoms with Gasteiger partial charge in [0.15, 0.2) is 0 Å². The van der Waals surface area contributed by atoms with Crippen molar-refractivity contribution in [2.45, 2.75) is 32.7 Å². The van der Waals surface area contributed by atoms with Crippen molar-refractivity contribution in [2.24, 2.45) is 5.92 Å². The van der Waals surface area contributed by atoms with Crippen molar-refractivity contribution in [3.63, 3.8) is 0 Å². The Balaban J connectivity index is 2.31. The van der Waals surface area contributed by atoms with Gasteiger partial charge in [0, 0.05) is 42.8 Å². The summed E-state index contributed by atoms with van der Waals surface area (Å²) in [6.45, 7) is 8.54. The van der Waals surface area contributed by atoms with E-state index in [1.165, 1.54) is 0 Å². The summed E-state index contributed by atoms with van der Waals surface area (Å²) in [5, 5.41) is 5.30. The summed E-state index contributed by atoms with van der Waals surface area (Å²) >= 11 is 19.1. The zero-order valence-electron chi connectivity index (χ0n) is 12.6. The molecule has 0 bridgehead atoms. The monoisotopic (exact) mass is 348 g/mol. The van der Waals surface area contributed by atoms with Crippen molar-refractivity contribution in [2.75, 3.05) is 26.2 Å². The molecule has 1 aromatic carbocycles. The maximum Gasteiger partial charge on any atom is 0.0655 e.